The van der Waals surface area contributed by atoms with Crippen LogP contribution < -0.4 is 0 Å². The Morgan fingerprint density at radius 2 is 1.42 bits per heavy atom. The maximum absolute atomic E-state index is 9.42. The second kappa shape index (κ2) is 10.6. The molecular formula is C19H32Cl2OSiZr. The summed E-state index contributed by atoms with van der Waals surface area (Å²) in [5.41, 5.74) is 5.72. The third kappa shape index (κ3) is 6.01. The van der Waals surface area contributed by atoms with Gasteiger partial charge in [0.1, 0.15) is 0 Å². The molecule has 2 aliphatic carbocycles. The Labute approximate surface area is 183 Å². The molecule has 1 atom stereocenters. The van der Waals surface area contributed by atoms with Gasteiger partial charge in [-0.25, -0.2) is 11.6 Å². The molecule has 0 fully saturated rings. The zero-order valence-electron chi connectivity index (χ0n) is 16.5. The van der Waals surface area contributed by atoms with Crippen LogP contribution in [-0.4, -0.2) is 15.3 Å². The van der Waals surface area contributed by atoms with Crippen LogP contribution in [-0.2, 0) is 26.2 Å². The molecule has 24 heavy (non-hydrogen) atoms. The Hall–Kier alpha value is 0.440. The van der Waals surface area contributed by atoms with E-state index in [1.807, 2.05) is 0 Å². The fraction of sp³-hybridized carbons (Fsp3) is 0.579. The minimum Gasteiger partial charge on any atom is -0.546 e. The number of rotatable bonds is 1. The van der Waals surface area contributed by atoms with E-state index in [1.54, 1.807) is 0 Å². The zero-order valence-corrected chi connectivity index (χ0v) is 22.6. The Morgan fingerprint density at radius 3 is 1.54 bits per heavy atom. The Kier molecular flexibility index (Phi) is 12.8. The van der Waals surface area contributed by atoms with Crippen LogP contribution in [0.1, 0.15) is 61.8 Å². The van der Waals surface area contributed by atoms with Crippen LogP contribution in [0.25, 0.3) is 0 Å². The van der Waals surface area contributed by atoms with Crippen molar-refractivity contribution in [3.8, 4) is 0 Å². The Balaban J connectivity index is -0.000000328. The van der Waals surface area contributed by atoms with Crippen molar-refractivity contribution in [1.82, 2.24) is 0 Å². The van der Waals surface area contributed by atoms with E-state index in [-0.39, 0.29) is 61.8 Å². The first kappa shape index (κ1) is 29.2. The molecule has 0 aliphatic heterocycles. The van der Waals surface area contributed by atoms with Crippen molar-refractivity contribution in [3.63, 3.8) is 0 Å². The van der Waals surface area contributed by atoms with Crippen molar-refractivity contribution in [2.45, 2.75) is 61.8 Å². The predicted molar refractivity (Wildman–Crippen MR) is 110 cm³/mol. The fourth-order valence-corrected chi connectivity index (χ4v) is 3.48. The van der Waals surface area contributed by atoms with Gasteiger partial charge in [-0.1, -0.05) is 71.5 Å². The van der Waals surface area contributed by atoms with Crippen LogP contribution in [0, 0.1) is 23.0 Å². The molecule has 2 aliphatic rings. The van der Waals surface area contributed by atoms with Gasteiger partial charge >= 0.3 is 26.2 Å². The minimum atomic E-state index is 0. The third-order valence-corrected chi connectivity index (χ3v) is 6.63. The largest absolute Gasteiger partial charge is 2.00 e. The van der Waals surface area contributed by atoms with Gasteiger partial charge in [0.05, 0.1) is 0 Å². The van der Waals surface area contributed by atoms with E-state index in [0.717, 1.165) is 21.9 Å². The fourth-order valence-electron chi connectivity index (χ4n) is 2.80. The van der Waals surface area contributed by atoms with Crippen molar-refractivity contribution >= 4 is 35.1 Å². The molecule has 0 bridgehead atoms. The molecule has 0 saturated heterocycles. The summed E-state index contributed by atoms with van der Waals surface area (Å²) in [6.07, 6.45) is 7.57. The van der Waals surface area contributed by atoms with Crippen molar-refractivity contribution < 1.29 is 31.3 Å². The van der Waals surface area contributed by atoms with E-state index in [9.17, 15) is 5.11 Å². The standard InChI is InChI=1S/C10H15.C9H15OSi.2ClH.Zr/c1-7-6-10(4,5)9(3)8(7)2;1-4-9(3)5-7(10)8(11)6(9)2;;;/h1-5H3;10H,4H2,1-3,11H3;2*1H;/q2*-1;;;+2. The number of aliphatic hydroxyl groups excluding tert-OH is 1. The van der Waals surface area contributed by atoms with Gasteiger partial charge < -0.3 is 5.11 Å². The molecule has 1 unspecified atom stereocenters. The van der Waals surface area contributed by atoms with Crippen molar-refractivity contribution in [2.75, 3.05) is 0 Å². The van der Waals surface area contributed by atoms with E-state index < -0.39 is 0 Å². The zero-order chi connectivity index (χ0) is 16.6. The number of hydrogen-bond donors (Lipinski definition) is 1. The summed E-state index contributed by atoms with van der Waals surface area (Å²) in [6, 6.07) is 0. The Morgan fingerprint density at radius 1 is 0.958 bits per heavy atom. The first-order chi connectivity index (χ1) is 9.46. The van der Waals surface area contributed by atoms with Crippen molar-refractivity contribution in [2.24, 2.45) is 10.8 Å². The molecule has 136 valence electrons. The maximum Gasteiger partial charge on any atom is 2.00 e. The van der Waals surface area contributed by atoms with E-state index in [0.29, 0.717) is 5.76 Å². The predicted octanol–water partition coefficient (Wildman–Crippen LogP) is 5.25. The van der Waals surface area contributed by atoms with Gasteiger partial charge in [0.15, 0.2) is 0 Å². The SMILES string of the molecule is CC1=[C-]C(C)(C)C(C)=C1C.CCC1(C)[C-]=C(O)C([SiH3])=C1C.Cl.Cl.[Zr+2]. The molecule has 0 aromatic carbocycles. The average molecular weight is 467 g/mol. The van der Waals surface area contributed by atoms with E-state index >= 15 is 0 Å². The monoisotopic (exact) mass is 464 g/mol. The van der Waals surface area contributed by atoms with Gasteiger partial charge in [-0.05, 0) is 10.2 Å². The van der Waals surface area contributed by atoms with Crippen LogP contribution in [0.15, 0.2) is 33.2 Å². The van der Waals surface area contributed by atoms with Gasteiger partial charge in [0.2, 0.25) is 0 Å². The molecule has 0 spiro atoms. The topological polar surface area (TPSA) is 20.2 Å². The van der Waals surface area contributed by atoms with Crippen LogP contribution in [0.5, 0.6) is 0 Å². The summed E-state index contributed by atoms with van der Waals surface area (Å²) in [5.74, 6) is 0.401. The smallest absolute Gasteiger partial charge is 0.546 e. The van der Waals surface area contributed by atoms with Crippen LogP contribution in [0.2, 0.25) is 0 Å². The molecule has 0 radical (unpaired) electrons. The van der Waals surface area contributed by atoms with E-state index in [1.165, 1.54) is 22.3 Å². The molecule has 2 rings (SSSR count). The third-order valence-electron chi connectivity index (χ3n) is 5.41. The molecular weight excluding hydrogens is 434 g/mol. The van der Waals surface area contributed by atoms with E-state index in [4.69, 9.17) is 0 Å². The summed E-state index contributed by atoms with van der Waals surface area (Å²) >= 11 is 0. The second-order valence-corrected chi connectivity index (χ2v) is 8.03. The Bertz CT molecular complexity index is 574. The molecule has 1 nitrogen and oxygen atoms in total. The van der Waals surface area contributed by atoms with Crippen molar-refractivity contribution in [3.05, 3.63) is 45.4 Å². The molecule has 0 amide bonds. The summed E-state index contributed by atoms with van der Waals surface area (Å²) in [6.45, 7) is 17.3. The average Bonchev–Trinajstić information content (AvgIpc) is 2.71. The van der Waals surface area contributed by atoms with Crippen LogP contribution in [0.4, 0.5) is 0 Å². The van der Waals surface area contributed by atoms with E-state index in [2.05, 4.69) is 67.5 Å². The van der Waals surface area contributed by atoms with Gasteiger partial charge in [-0.3, -0.25) is 6.08 Å². The number of hydrogen-bond acceptors (Lipinski definition) is 1. The second-order valence-electron chi connectivity index (χ2n) is 7.03. The summed E-state index contributed by atoms with van der Waals surface area (Å²) in [5, 5.41) is 10.6. The number of allylic oxidation sites excluding steroid dienone is 7. The molecule has 0 heterocycles. The van der Waals surface area contributed by atoms with Gasteiger partial charge in [-0.15, -0.1) is 31.7 Å². The van der Waals surface area contributed by atoms with Gasteiger partial charge in [-0.2, -0.15) is 21.9 Å². The molecule has 5 heteroatoms. The minimum absolute atomic E-state index is 0. The number of halogens is 2. The first-order valence-corrected chi connectivity index (χ1v) is 8.78. The summed E-state index contributed by atoms with van der Waals surface area (Å²) in [4.78, 5) is 0. The normalized spacial score (nSPS) is 24.2. The molecule has 1 N–H and O–H groups in total. The van der Waals surface area contributed by atoms with Gasteiger partial charge in [0, 0.05) is 0 Å². The van der Waals surface area contributed by atoms with Gasteiger partial charge in [0.25, 0.3) is 0 Å². The molecule has 0 saturated carbocycles. The molecule has 0 aromatic heterocycles. The van der Waals surface area contributed by atoms with Crippen LogP contribution in [0.3, 0.4) is 0 Å². The molecule has 0 aromatic rings. The summed E-state index contributed by atoms with van der Waals surface area (Å²) in [7, 11) is 0.926. The number of aliphatic hydroxyl groups is 1. The maximum atomic E-state index is 9.42. The summed E-state index contributed by atoms with van der Waals surface area (Å²) < 4.78 is 0. The van der Waals surface area contributed by atoms with Crippen molar-refractivity contribution in [1.29, 1.82) is 0 Å². The van der Waals surface area contributed by atoms with Crippen LogP contribution >= 0.6 is 24.8 Å². The quantitative estimate of drug-likeness (QED) is 0.413. The first-order valence-electron chi connectivity index (χ1n) is 7.78.